The SMILES string of the molecule is CN(C)CCOc1cccc(CNS(C)(=O)=O)c1. The molecule has 1 rings (SSSR count). The predicted octanol–water partition coefficient (Wildman–Crippen LogP) is 0.676. The van der Waals surface area contributed by atoms with Gasteiger partial charge in [0.15, 0.2) is 0 Å². The summed E-state index contributed by atoms with van der Waals surface area (Å²) in [6.07, 6.45) is 1.14. The van der Waals surface area contributed by atoms with Gasteiger partial charge in [-0.05, 0) is 31.8 Å². The van der Waals surface area contributed by atoms with Gasteiger partial charge in [-0.25, -0.2) is 13.1 Å². The molecule has 0 aromatic heterocycles. The largest absolute Gasteiger partial charge is 0.492 e. The molecule has 0 radical (unpaired) electrons. The molecule has 102 valence electrons. The highest BCUT2D eigenvalue weighted by Gasteiger charge is 2.02. The lowest BCUT2D eigenvalue weighted by Gasteiger charge is -2.11. The van der Waals surface area contributed by atoms with Crippen LogP contribution in [0, 0.1) is 0 Å². The zero-order valence-electron chi connectivity index (χ0n) is 11.0. The molecule has 0 aliphatic heterocycles. The van der Waals surface area contributed by atoms with Gasteiger partial charge < -0.3 is 9.64 Å². The molecule has 6 heteroatoms. The molecule has 0 saturated carbocycles. The summed E-state index contributed by atoms with van der Waals surface area (Å²) in [5.41, 5.74) is 0.878. The van der Waals surface area contributed by atoms with Crippen molar-refractivity contribution in [3.8, 4) is 5.75 Å². The van der Waals surface area contributed by atoms with Gasteiger partial charge in [-0.2, -0.15) is 0 Å². The Morgan fingerprint density at radius 3 is 2.67 bits per heavy atom. The third-order valence-electron chi connectivity index (χ3n) is 2.24. The molecule has 0 aliphatic rings. The highest BCUT2D eigenvalue weighted by molar-refractivity contribution is 7.88. The second-order valence-corrected chi connectivity index (χ2v) is 6.23. The zero-order valence-corrected chi connectivity index (χ0v) is 11.8. The Morgan fingerprint density at radius 2 is 2.06 bits per heavy atom. The molecular weight excluding hydrogens is 252 g/mol. The molecule has 0 fully saturated rings. The van der Waals surface area contributed by atoms with Crippen molar-refractivity contribution < 1.29 is 13.2 Å². The Hall–Kier alpha value is -1.11. The van der Waals surface area contributed by atoms with E-state index < -0.39 is 10.0 Å². The van der Waals surface area contributed by atoms with Crippen LogP contribution in [0.2, 0.25) is 0 Å². The fourth-order valence-corrected chi connectivity index (χ4v) is 1.73. The van der Waals surface area contributed by atoms with Crippen LogP contribution in [-0.2, 0) is 16.6 Å². The summed E-state index contributed by atoms with van der Waals surface area (Å²) < 4.78 is 30.0. The zero-order chi connectivity index (χ0) is 13.6. The van der Waals surface area contributed by atoms with Crippen molar-refractivity contribution in [1.82, 2.24) is 9.62 Å². The van der Waals surface area contributed by atoms with Gasteiger partial charge in [0.05, 0.1) is 6.26 Å². The molecule has 0 heterocycles. The molecule has 0 unspecified atom stereocenters. The average Bonchev–Trinajstić information content (AvgIpc) is 2.26. The van der Waals surface area contributed by atoms with E-state index in [0.29, 0.717) is 6.61 Å². The first-order chi connectivity index (χ1) is 8.37. The normalized spacial score (nSPS) is 11.8. The predicted molar refractivity (Wildman–Crippen MR) is 72.2 cm³/mol. The van der Waals surface area contributed by atoms with Gasteiger partial charge in [0.1, 0.15) is 12.4 Å². The standard InChI is InChI=1S/C12H20N2O3S/c1-14(2)7-8-17-12-6-4-5-11(9-12)10-13-18(3,15)16/h4-6,9,13H,7-8,10H2,1-3H3. The highest BCUT2D eigenvalue weighted by Crippen LogP contribution is 2.13. The molecule has 18 heavy (non-hydrogen) atoms. The van der Waals surface area contributed by atoms with Crippen molar-refractivity contribution in [2.75, 3.05) is 33.5 Å². The summed E-state index contributed by atoms with van der Waals surface area (Å²) in [4.78, 5) is 2.04. The van der Waals surface area contributed by atoms with E-state index in [4.69, 9.17) is 4.74 Å². The van der Waals surface area contributed by atoms with Crippen LogP contribution in [-0.4, -0.2) is 46.8 Å². The number of benzene rings is 1. The lowest BCUT2D eigenvalue weighted by Crippen LogP contribution is -2.21. The first-order valence-corrected chi connectivity index (χ1v) is 7.57. The summed E-state index contributed by atoms with van der Waals surface area (Å²) >= 11 is 0. The second-order valence-electron chi connectivity index (χ2n) is 4.39. The maximum atomic E-state index is 11.0. The molecule has 0 amide bonds. The first-order valence-electron chi connectivity index (χ1n) is 5.68. The van der Waals surface area contributed by atoms with Crippen LogP contribution >= 0.6 is 0 Å². The third kappa shape index (κ3) is 6.58. The molecule has 5 nitrogen and oxygen atoms in total. The van der Waals surface area contributed by atoms with Gasteiger partial charge >= 0.3 is 0 Å². The van der Waals surface area contributed by atoms with Crippen molar-refractivity contribution in [3.63, 3.8) is 0 Å². The van der Waals surface area contributed by atoms with Crippen LogP contribution in [0.5, 0.6) is 5.75 Å². The van der Waals surface area contributed by atoms with Gasteiger partial charge in [-0.3, -0.25) is 0 Å². The Bertz CT molecular complexity index is 472. The minimum Gasteiger partial charge on any atom is -0.492 e. The molecule has 1 N–H and O–H groups in total. The number of nitrogens with zero attached hydrogens (tertiary/aromatic N) is 1. The van der Waals surface area contributed by atoms with E-state index in [1.807, 2.05) is 43.3 Å². The van der Waals surface area contributed by atoms with E-state index in [1.165, 1.54) is 0 Å². The minimum absolute atomic E-state index is 0.281. The Balaban J connectivity index is 2.51. The minimum atomic E-state index is -3.16. The van der Waals surface area contributed by atoms with Crippen molar-refractivity contribution in [1.29, 1.82) is 0 Å². The van der Waals surface area contributed by atoms with E-state index in [-0.39, 0.29) is 6.54 Å². The van der Waals surface area contributed by atoms with E-state index >= 15 is 0 Å². The van der Waals surface area contributed by atoms with Crippen LogP contribution in [0.1, 0.15) is 5.56 Å². The van der Waals surface area contributed by atoms with Gasteiger partial charge in [-0.15, -0.1) is 0 Å². The number of sulfonamides is 1. The number of hydrogen-bond acceptors (Lipinski definition) is 4. The highest BCUT2D eigenvalue weighted by atomic mass is 32.2. The third-order valence-corrected chi connectivity index (χ3v) is 2.91. The lowest BCUT2D eigenvalue weighted by atomic mass is 10.2. The Kier molecular flexibility index (Phi) is 5.58. The maximum Gasteiger partial charge on any atom is 0.209 e. The second kappa shape index (κ2) is 6.72. The summed E-state index contributed by atoms with van der Waals surface area (Å²) in [5.74, 6) is 0.754. The summed E-state index contributed by atoms with van der Waals surface area (Å²) in [6, 6.07) is 7.41. The lowest BCUT2D eigenvalue weighted by molar-refractivity contribution is 0.261. The summed E-state index contributed by atoms with van der Waals surface area (Å²) in [6.45, 7) is 1.73. The molecule has 0 bridgehead atoms. The molecule has 1 aromatic rings. The molecular formula is C12H20N2O3S. The Morgan fingerprint density at radius 1 is 1.33 bits per heavy atom. The van der Waals surface area contributed by atoms with E-state index in [0.717, 1.165) is 24.1 Å². The first kappa shape index (κ1) is 14.9. The summed E-state index contributed by atoms with van der Waals surface area (Å²) in [5, 5.41) is 0. The van der Waals surface area contributed by atoms with Gasteiger partial charge in [0, 0.05) is 13.1 Å². The number of hydrogen-bond donors (Lipinski definition) is 1. The quantitative estimate of drug-likeness (QED) is 0.793. The van der Waals surface area contributed by atoms with Crippen molar-refractivity contribution in [3.05, 3.63) is 29.8 Å². The fraction of sp³-hybridized carbons (Fsp3) is 0.500. The fourth-order valence-electron chi connectivity index (χ4n) is 1.31. The van der Waals surface area contributed by atoms with E-state index in [2.05, 4.69) is 4.72 Å². The number of rotatable bonds is 7. The Labute approximate surface area is 109 Å². The number of nitrogens with one attached hydrogen (secondary N) is 1. The summed E-state index contributed by atoms with van der Waals surface area (Å²) in [7, 11) is 0.803. The maximum absolute atomic E-state index is 11.0. The van der Waals surface area contributed by atoms with Crippen LogP contribution < -0.4 is 9.46 Å². The molecule has 0 saturated heterocycles. The van der Waals surface area contributed by atoms with Crippen LogP contribution in [0.25, 0.3) is 0 Å². The smallest absolute Gasteiger partial charge is 0.209 e. The number of likely N-dealkylation sites (N-methyl/N-ethyl adjacent to an activating group) is 1. The van der Waals surface area contributed by atoms with Crippen molar-refractivity contribution >= 4 is 10.0 Å². The van der Waals surface area contributed by atoms with Crippen LogP contribution in [0.15, 0.2) is 24.3 Å². The van der Waals surface area contributed by atoms with Crippen molar-refractivity contribution in [2.45, 2.75) is 6.54 Å². The number of ether oxygens (including phenoxy) is 1. The van der Waals surface area contributed by atoms with Crippen LogP contribution in [0.4, 0.5) is 0 Å². The molecule has 0 spiro atoms. The molecule has 0 aliphatic carbocycles. The van der Waals surface area contributed by atoms with Gasteiger partial charge in [0.2, 0.25) is 10.0 Å². The van der Waals surface area contributed by atoms with E-state index in [9.17, 15) is 8.42 Å². The topological polar surface area (TPSA) is 58.6 Å². The van der Waals surface area contributed by atoms with Crippen molar-refractivity contribution in [2.24, 2.45) is 0 Å². The monoisotopic (exact) mass is 272 g/mol. The molecule has 1 aromatic carbocycles. The van der Waals surface area contributed by atoms with Crippen LogP contribution in [0.3, 0.4) is 0 Å². The average molecular weight is 272 g/mol. The van der Waals surface area contributed by atoms with Gasteiger partial charge in [0.25, 0.3) is 0 Å². The van der Waals surface area contributed by atoms with E-state index in [1.54, 1.807) is 0 Å². The molecule has 0 atom stereocenters. The van der Waals surface area contributed by atoms with Gasteiger partial charge in [-0.1, -0.05) is 12.1 Å².